The Bertz CT molecular complexity index is 679. The van der Waals surface area contributed by atoms with Gasteiger partial charge in [0.05, 0.1) is 17.8 Å². The molecule has 0 saturated carbocycles. The molecule has 0 radical (unpaired) electrons. The highest BCUT2D eigenvalue weighted by Crippen LogP contribution is 2.39. The van der Waals surface area contributed by atoms with Crippen molar-refractivity contribution in [1.82, 2.24) is 5.32 Å². The average Bonchev–Trinajstić information content (AvgIpc) is 3.14. The van der Waals surface area contributed by atoms with Crippen LogP contribution in [0.25, 0.3) is 6.08 Å². The molecule has 3 rings (SSSR count). The van der Waals surface area contributed by atoms with E-state index in [0.717, 1.165) is 5.56 Å². The molecule has 5 nitrogen and oxygen atoms in total. The molecule has 1 aromatic carbocycles. The van der Waals surface area contributed by atoms with Gasteiger partial charge in [0.15, 0.2) is 11.5 Å². The van der Waals surface area contributed by atoms with Crippen LogP contribution in [0, 0.1) is 0 Å². The number of carbonyl (C=O) groups excluding carboxylic acids is 1. The zero-order chi connectivity index (χ0) is 14.7. The fraction of sp³-hybridized carbons (Fsp3) is 0.133. The van der Waals surface area contributed by atoms with Gasteiger partial charge in [0.25, 0.3) is 0 Å². The van der Waals surface area contributed by atoms with Gasteiger partial charge >= 0.3 is 0 Å². The second-order valence-corrected chi connectivity index (χ2v) is 4.77. The molecule has 0 unspecified atom stereocenters. The maximum atomic E-state index is 11.7. The van der Waals surface area contributed by atoms with E-state index in [2.05, 4.69) is 5.32 Å². The molecule has 1 aromatic heterocycles. The molecule has 1 aliphatic rings. The Morgan fingerprint density at radius 1 is 1.38 bits per heavy atom. The average molecular weight is 306 g/mol. The van der Waals surface area contributed by atoms with Crippen molar-refractivity contribution in [3.63, 3.8) is 0 Å². The van der Waals surface area contributed by atoms with Crippen molar-refractivity contribution < 1.29 is 18.7 Å². The maximum absolute atomic E-state index is 11.7. The molecule has 0 bridgehead atoms. The van der Waals surface area contributed by atoms with Crippen molar-refractivity contribution in [2.75, 3.05) is 6.79 Å². The Balaban J connectivity index is 1.63. The molecule has 0 aliphatic carbocycles. The summed E-state index contributed by atoms with van der Waals surface area (Å²) in [6.45, 7) is 0.504. The summed E-state index contributed by atoms with van der Waals surface area (Å²) in [6, 6.07) is 7.05. The van der Waals surface area contributed by atoms with Gasteiger partial charge in [-0.05, 0) is 35.9 Å². The number of carbonyl (C=O) groups is 1. The largest absolute Gasteiger partial charge is 0.467 e. The first kappa shape index (κ1) is 13.6. The Hall–Kier alpha value is -2.40. The molecule has 1 amide bonds. The highest BCUT2D eigenvalue weighted by atomic mass is 35.5. The van der Waals surface area contributed by atoms with Crippen LogP contribution in [0.1, 0.15) is 11.3 Å². The van der Waals surface area contributed by atoms with E-state index in [-0.39, 0.29) is 12.7 Å². The fourth-order valence-electron chi connectivity index (χ4n) is 1.90. The van der Waals surface area contributed by atoms with Crippen LogP contribution in [-0.4, -0.2) is 12.7 Å². The minimum Gasteiger partial charge on any atom is -0.467 e. The monoisotopic (exact) mass is 305 g/mol. The van der Waals surface area contributed by atoms with Crippen LogP contribution < -0.4 is 14.8 Å². The molecule has 1 N–H and O–H groups in total. The minimum absolute atomic E-state index is 0.159. The summed E-state index contributed by atoms with van der Waals surface area (Å²) in [5.74, 6) is 1.59. The Kier molecular flexibility index (Phi) is 3.83. The molecular formula is C15H12ClNO4. The van der Waals surface area contributed by atoms with Gasteiger partial charge in [-0.3, -0.25) is 4.79 Å². The third kappa shape index (κ3) is 3.20. The lowest BCUT2D eigenvalue weighted by Gasteiger charge is -2.01. The summed E-state index contributed by atoms with van der Waals surface area (Å²) in [5, 5.41) is 3.17. The summed E-state index contributed by atoms with van der Waals surface area (Å²) >= 11 is 6.07. The van der Waals surface area contributed by atoms with Gasteiger partial charge in [0.1, 0.15) is 5.76 Å². The summed E-state index contributed by atoms with van der Waals surface area (Å²) in [7, 11) is 0. The van der Waals surface area contributed by atoms with Crippen LogP contribution in [-0.2, 0) is 11.3 Å². The van der Waals surface area contributed by atoms with Gasteiger partial charge in [0, 0.05) is 6.08 Å². The van der Waals surface area contributed by atoms with Crippen LogP contribution in [0.4, 0.5) is 0 Å². The highest BCUT2D eigenvalue weighted by Gasteiger charge is 2.17. The predicted octanol–water partition coefficient (Wildman–Crippen LogP) is 2.99. The summed E-state index contributed by atoms with van der Waals surface area (Å²) in [6.07, 6.45) is 4.65. The second kappa shape index (κ2) is 5.93. The van der Waals surface area contributed by atoms with Gasteiger partial charge in [-0.2, -0.15) is 0 Å². The number of hydrogen-bond acceptors (Lipinski definition) is 4. The van der Waals surface area contributed by atoms with E-state index in [0.29, 0.717) is 28.8 Å². The molecular weight excluding hydrogens is 294 g/mol. The molecule has 0 atom stereocenters. The lowest BCUT2D eigenvalue weighted by molar-refractivity contribution is -0.116. The molecule has 108 valence electrons. The van der Waals surface area contributed by atoms with Crippen LogP contribution in [0.2, 0.25) is 5.02 Å². The van der Waals surface area contributed by atoms with Crippen LogP contribution >= 0.6 is 11.6 Å². The summed E-state index contributed by atoms with van der Waals surface area (Å²) in [5.41, 5.74) is 0.761. The smallest absolute Gasteiger partial charge is 0.244 e. The second-order valence-electron chi connectivity index (χ2n) is 4.37. The molecule has 2 heterocycles. The van der Waals surface area contributed by atoms with Gasteiger partial charge < -0.3 is 19.2 Å². The third-order valence-electron chi connectivity index (χ3n) is 2.89. The number of rotatable bonds is 4. The lowest BCUT2D eigenvalue weighted by atomic mass is 10.2. The van der Waals surface area contributed by atoms with E-state index in [1.807, 2.05) is 0 Å². The zero-order valence-corrected chi connectivity index (χ0v) is 11.7. The predicted molar refractivity (Wildman–Crippen MR) is 77.2 cm³/mol. The van der Waals surface area contributed by atoms with Crippen molar-refractivity contribution in [1.29, 1.82) is 0 Å². The first-order valence-corrected chi connectivity index (χ1v) is 6.67. The van der Waals surface area contributed by atoms with Crippen LogP contribution in [0.15, 0.2) is 41.0 Å². The first-order valence-electron chi connectivity index (χ1n) is 6.30. The van der Waals surface area contributed by atoms with Crippen molar-refractivity contribution in [3.05, 3.63) is 53.0 Å². The number of hydrogen-bond donors (Lipinski definition) is 1. The fourth-order valence-corrected chi connectivity index (χ4v) is 2.18. The summed E-state index contributed by atoms with van der Waals surface area (Å²) < 4.78 is 15.6. The number of furan rings is 1. The number of amides is 1. The molecule has 0 fully saturated rings. The maximum Gasteiger partial charge on any atom is 0.244 e. The molecule has 2 aromatic rings. The van der Waals surface area contributed by atoms with E-state index >= 15 is 0 Å². The van der Waals surface area contributed by atoms with Crippen molar-refractivity contribution >= 4 is 23.6 Å². The Morgan fingerprint density at radius 2 is 2.29 bits per heavy atom. The normalized spacial score (nSPS) is 12.8. The summed E-state index contributed by atoms with van der Waals surface area (Å²) in [4.78, 5) is 11.7. The van der Waals surface area contributed by atoms with E-state index < -0.39 is 0 Å². The minimum atomic E-state index is -0.222. The van der Waals surface area contributed by atoms with E-state index in [1.165, 1.54) is 6.08 Å². The van der Waals surface area contributed by atoms with Crippen LogP contribution in [0.3, 0.4) is 0 Å². The molecule has 1 aliphatic heterocycles. The quantitative estimate of drug-likeness (QED) is 0.882. The SMILES string of the molecule is O=C(C=Cc1cc(Cl)c2c(c1)OCO2)NCc1ccco1. The highest BCUT2D eigenvalue weighted by molar-refractivity contribution is 6.32. The van der Waals surface area contributed by atoms with Gasteiger partial charge in [-0.25, -0.2) is 0 Å². The standard InChI is InChI=1S/C15H12ClNO4/c16-12-6-10(7-13-15(12)21-9-20-13)3-4-14(18)17-8-11-2-1-5-19-11/h1-7H,8-9H2,(H,17,18). The first-order chi connectivity index (χ1) is 10.2. The van der Waals surface area contributed by atoms with E-state index in [4.69, 9.17) is 25.5 Å². The van der Waals surface area contributed by atoms with Crippen LogP contribution in [0.5, 0.6) is 11.5 Å². The van der Waals surface area contributed by atoms with E-state index in [9.17, 15) is 4.79 Å². The molecule has 0 saturated heterocycles. The van der Waals surface area contributed by atoms with Crippen molar-refractivity contribution in [2.45, 2.75) is 6.54 Å². The number of halogens is 1. The van der Waals surface area contributed by atoms with Gasteiger partial charge in [-0.1, -0.05) is 11.6 Å². The molecule has 21 heavy (non-hydrogen) atoms. The van der Waals surface area contributed by atoms with E-state index in [1.54, 1.807) is 36.6 Å². The molecule has 6 heteroatoms. The van der Waals surface area contributed by atoms with Gasteiger partial charge in [0.2, 0.25) is 12.7 Å². The zero-order valence-electron chi connectivity index (χ0n) is 11.0. The Labute approximate surface area is 126 Å². The molecule has 0 spiro atoms. The number of ether oxygens (including phenoxy) is 2. The Morgan fingerprint density at radius 3 is 3.10 bits per heavy atom. The third-order valence-corrected chi connectivity index (χ3v) is 3.17. The topological polar surface area (TPSA) is 60.7 Å². The lowest BCUT2D eigenvalue weighted by Crippen LogP contribution is -2.19. The van der Waals surface area contributed by atoms with Crippen molar-refractivity contribution in [3.8, 4) is 11.5 Å². The van der Waals surface area contributed by atoms with Crippen molar-refractivity contribution in [2.24, 2.45) is 0 Å². The number of nitrogens with one attached hydrogen (secondary N) is 1. The number of benzene rings is 1. The van der Waals surface area contributed by atoms with Gasteiger partial charge in [-0.15, -0.1) is 0 Å². The number of fused-ring (bicyclic) bond motifs is 1.